The molecule has 2 nitrogen and oxygen atoms in total. The molecule has 0 aliphatic heterocycles. The maximum absolute atomic E-state index is 13.8. The zero-order valence-electron chi connectivity index (χ0n) is 9.38. The molecule has 1 aromatic heterocycles. The number of rotatable bonds is 1. The number of hydrogen-bond acceptors (Lipinski definition) is 1. The first kappa shape index (κ1) is 16.0. The second-order valence-corrected chi connectivity index (χ2v) is 4.71. The Bertz CT molecular complexity index is 624. The first-order valence-corrected chi connectivity index (χ1v) is 5.91. The number of nitrogens with zero attached hydrogens (tertiary/aromatic N) is 1. The summed E-state index contributed by atoms with van der Waals surface area (Å²) in [6.07, 6.45) is 0. The first-order valence-electron chi connectivity index (χ1n) is 4.74. The van der Waals surface area contributed by atoms with Crippen LogP contribution in [0.2, 0.25) is 5.02 Å². The summed E-state index contributed by atoms with van der Waals surface area (Å²) in [5.41, 5.74) is 0.267. The van der Waals surface area contributed by atoms with Gasteiger partial charge in [-0.2, -0.15) is 23.7 Å². The third-order valence-electron chi connectivity index (χ3n) is 2.38. The molecule has 0 N–H and O–H groups in total. The van der Waals surface area contributed by atoms with Crippen LogP contribution in [0, 0.1) is 11.9 Å². The molecule has 0 unspecified atom stereocenters. The van der Waals surface area contributed by atoms with Gasteiger partial charge >= 0.3 is 0 Å². The van der Waals surface area contributed by atoms with Crippen molar-refractivity contribution in [2.75, 3.05) is 0 Å². The fourth-order valence-corrected chi connectivity index (χ4v) is 2.23. The van der Waals surface area contributed by atoms with Crippen LogP contribution >= 0.6 is 27.5 Å². The van der Waals surface area contributed by atoms with Gasteiger partial charge in [-0.05, 0) is 10.5 Å². The molecule has 2 aromatic rings. The van der Waals surface area contributed by atoms with Crippen molar-refractivity contribution in [1.82, 2.24) is 4.57 Å². The summed E-state index contributed by atoms with van der Waals surface area (Å²) in [5.74, 6) is -0.423. The van der Waals surface area contributed by atoms with E-state index in [1.807, 2.05) is 0 Å². The van der Waals surface area contributed by atoms with Crippen molar-refractivity contribution >= 4 is 27.5 Å². The van der Waals surface area contributed by atoms with Gasteiger partial charge in [0.05, 0.1) is 5.82 Å². The molecule has 1 heterocycles. The molecule has 0 atom stereocenters. The van der Waals surface area contributed by atoms with E-state index < -0.39 is 5.82 Å². The molecule has 0 saturated heterocycles. The van der Waals surface area contributed by atoms with Crippen LogP contribution in [0.1, 0.15) is 0 Å². The van der Waals surface area contributed by atoms with E-state index in [1.165, 1.54) is 23.7 Å². The monoisotopic (exact) mass is 403 g/mol. The van der Waals surface area contributed by atoms with Gasteiger partial charge < -0.3 is 4.57 Å². The van der Waals surface area contributed by atoms with E-state index in [2.05, 4.69) is 22.0 Å². The van der Waals surface area contributed by atoms with Crippen molar-refractivity contribution < 1.29 is 37.1 Å². The van der Waals surface area contributed by atoms with Gasteiger partial charge in [-0.1, -0.05) is 39.3 Å². The van der Waals surface area contributed by atoms with E-state index in [4.69, 9.17) is 11.6 Å². The first-order chi connectivity index (χ1) is 8.02. The van der Waals surface area contributed by atoms with Gasteiger partial charge in [0.2, 0.25) is 5.56 Å². The topological polar surface area (TPSA) is 22.0 Å². The molecular formula is C12H7BrClFNOY-. The molecule has 0 bridgehead atoms. The van der Waals surface area contributed by atoms with Crippen LogP contribution in [-0.4, -0.2) is 4.57 Å². The van der Waals surface area contributed by atoms with Gasteiger partial charge in [-0.15, -0.1) is 0 Å². The summed E-state index contributed by atoms with van der Waals surface area (Å²) >= 11 is 8.94. The Kier molecular flexibility index (Phi) is 5.72. The van der Waals surface area contributed by atoms with E-state index in [1.54, 1.807) is 12.1 Å². The molecule has 2 rings (SSSR count). The molecule has 0 amide bonds. The number of hydrogen-bond donors (Lipinski definition) is 0. The largest absolute Gasteiger partial charge is 0.344 e. The number of benzene rings is 1. The van der Waals surface area contributed by atoms with Crippen molar-refractivity contribution in [2.45, 2.75) is 0 Å². The Balaban J connectivity index is 0.00000162. The molecule has 6 heteroatoms. The van der Waals surface area contributed by atoms with Crippen LogP contribution in [0.3, 0.4) is 0 Å². The predicted octanol–water partition coefficient (Wildman–Crippen LogP) is 3.40. The minimum atomic E-state index is -0.423. The molecule has 1 radical (unpaired) electrons. The maximum atomic E-state index is 13.8. The Morgan fingerprint density at radius 3 is 2.72 bits per heavy atom. The van der Waals surface area contributed by atoms with Gasteiger partial charge in [-0.3, -0.25) is 4.79 Å². The van der Waals surface area contributed by atoms with Crippen molar-refractivity contribution in [2.24, 2.45) is 7.05 Å². The standard InChI is InChI=1S/C12H7BrClFNO.Y/c1-16-10(6-5-8(14)12(16)17)11-7(13)3-2-4-9(11)15;/h2-5H,1H3;/q-1;. The quantitative estimate of drug-likeness (QED) is 0.668. The molecule has 0 saturated carbocycles. The van der Waals surface area contributed by atoms with Gasteiger partial charge in [0.1, 0.15) is 0 Å². The third-order valence-corrected chi connectivity index (χ3v) is 3.31. The average molecular weight is 404 g/mol. The van der Waals surface area contributed by atoms with E-state index in [0.717, 1.165) is 0 Å². The van der Waals surface area contributed by atoms with Crippen molar-refractivity contribution in [3.63, 3.8) is 0 Å². The van der Waals surface area contributed by atoms with Gasteiger partial charge in [0.15, 0.2) is 0 Å². The number of pyridine rings is 1. The molecule has 91 valence electrons. The van der Waals surface area contributed by atoms with Gasteiger partial charge in [0, 0.05) is 44.8 Å². The Hall–Kier alpha value is -0.0261. The maximum Gasteiger partial charge on any atom is 0.212 e. The average Bonchev–Trinajstić information content (AvgIpc) is 2.29. The second-order valence-electron chi connectivity index (χ2n) is 3.45. The Morgan fingerprint density at radius 2 is 2.11 bits per heavy atom. The van der Waals surface area contributed by atoms with E-state index in [-0.39, 0.29) is 43.3 Å². The molecular weight excluding hydrogens is 397 g/mol. The van der Waals surface area contributed by atoms with Gasteiger partial charge in [0.25, 0.3) is 0 Å². The normalized spacial score (nSPS) is 10.0. The van der Waals surface area contributed by atoms with Crippen LogP contribution in [0.25, 0.3) is 11.3 Å². The van der Waals surface area contributed by atoms with Crippen LogP contribution < -0.4 is 5.56 Å². The summed E-state index contributed by atoms with van der Waals surface area (Å²) in [6, 6.07) is 8.76. The summed E-state index contributed by atoms with van der Waals surface area (Å²) < 4.78 is 15.6. The summed E-state index contributed by atoms with van der Waals surface area (Å²) in [7, 11) is 1.53. The fraction of sp³-hybridized carbons (Fsp3) is 0.0833. The van der Waals surface area contributed by atoms with Crippen LogP contribution in [0.15, 0.2) is 33.5 Å². The van der Waals surface area contributed by atoms with Crippen molar-refractivity contribution in [3.05, 3.63) is 56.0 Å². The summed E-state index contributed by atoms with van der Waals surface area (Å²) in [6.45, 7) is 0. The predicted molar refractivity (Wildman–Crippen MR) is 68.6 cm³/mol. The number of aromatic nitrogens is 1. The minimum absolute atomic E-state index is 0. The minimum Gasteiger partial charge on any atom is -0.344 e. The molecule has 1 aromatic carbocycles. The van der Waals surface area contributed by atoms with E-state index in [9.17, 15) is 9.18 Å². The van der Waals surface area contributed by atoms with Crippen LogP contribution in [0.4, 0.5) is 4.39 Å². The van der Waals surface area contributed by atoms with Gasteiger partial charge in [-0.25, -0.2) is 4.39 Å². The zero-order chi connectivity index (χ0) is 12.6. The SMILES string of the molecule is Cn1c(-c2c(F)cccc2Br)[c-]cc(Cl)c1=O.[Y]. The second kappa shape index (κ2) is 6.42. The molecule has 0 aliphatic rings. The smallest absolute Gasteiger partial charge is 0.212 e. The van der Waals surface area contributed by atoms with Crippen molar-refractivity contribution in [3.8, 4) is 11.3 Å². The Morgan fingerprint density at radius 1 is 1.44 bits per heavy atom. The number of halogens is 3. The molecule has 0 spiro atoms. The van der Waals surface area contributed by atoms with E-state index in [0.29, 0.717) is 15.7 Å². The van der Waals surface area contributed by atoms with Crippen molar-refractivity contribution in [1.29, 1.82) is 0 Å². The molecule has 0 aliphatic carbocycles. The third kappa shape index (κ3) is 2.93. The Labute approximate surface area is 142 Å². The van der Waals surface area contributed by atoms with E-state index >= 15 is 0 Å². The molecule has 0 fully saturated rings. The summed E-state index contributed by atoms with van der Waals surface area (Å²) in [5, 5.41) is 0.0590. The van der Waals surface area contributed by atoms with Crippen LogP contribution in [-0.2, 0) is 39.8 Å². The fourth-order valence-electron chi connectivity index (χ4n) is 1.52. The molecule has 18 heavy (non-hydrogen) atoms. The van der Waals surface area contributed by atoms with Crippen LogP contribution in [0.5, 0.6) is 0 Å². The summed E-state index contributed by atoms with van der Waals surface area (Å²) in [4.78, 5) is 11.7. The zero-order valence-corrected chi connectivity index (χ0v) is 14.6.